The molecule has 1 aliphatic heterocycles. The van der Waals surface area contributed by atoms with E-state index in [1.165, 1.54) is 0 Å². The summed E-state index contributed by atoms with van der Waals surface area (Å²) < 4.78 is 13.3. The predicted octanol–water partition coefficient (Wildman–Crippen LogP) is 1.54. The fourth-order valence-corrected chi connectivity index (χ4v) is 2.17. The van der Waals surface area contributed by atoms with Crippen molar-refractivity contribution in [1.29, 1.82) is 0 Å². The van der Waals surface area contributed by atoms with Crippen LogP contribution in [0, 0.1) is 0 Å². The highest BCUT2D eigenvalue weighted by Gasteiger charge is 2.13. The maximum atomic E-state index is 5.62. The highest BCUT2D eigenvalue weighted by Crippen LogP contribution is 2.34. The van der Waals surface area contributed by atoms with E-state index in [-0.39, 0.29) is 0 Å². The monoisotopic (exact) mass is 259 g/mol. The van der Waals surface area contributed by atoms with Crippen molar-refractivity contribution >= 4 is 0 Å². The Balaban J connectivity index is 1.91. The van der Waals surface area contributed by atoms with Gasteiger partial charge in [-0.25, -0.2) is 4.98 Å². The van der Waals surface area contributed by atoms with Crippen LogP contribution in [-0.2, 0) is 6.54 Å². The first kappa shape index (κ1) is 12.0. The van der Waals surface area contributed by atoms with Crippen LogP contribution in [0.4, 0.5) is 0 Å². The van der Waals surface area contributed by atoms with E-state index in [4.69, 9.17) is 9.47 Å². The molecule has 19 heavy (non-hydrogen) atoms. The number of likely N-dealkylation sites (N-methyl/N-ethyl adjacent to an activating group) is 1. The van der Waals surface area contributed by atoms with Crippen LogP contribution in [0.2, 0.25) is 0 Å². The van der Waals surface area contributed by atoms with E-state index in [1.807, 2.05) is 37.8 Å². The molecule has 0 atom stereocenters. The Kier molecular flexibility index (Phi) is 3.37. The van der Waals surface area contributed by atoms with Crippen LogP contribution in [0.5, 0.6) is 11.5 Å². The van der Waals surface area contributed by atoms with Crippen LogP contribution < -0.4 is 14.8 Å². The maximum Gasteiger partial charge on any atom is 0.162 e. The van der Waals surface area contributed by atoms with Gasteiger partial charge >= 0.3 is 0 Å². The Morgan fingerprint density at radius 2 is 2.11 bits per heavy atom. The van der Waals surface area contributed by atoms with Gasteiger partial charge in [-0.1, -0.05) is 0 Å². The minimum absolute atomic E-state index is 0.607. The Hall–Kier alpha value is -2.01. The van der Waals surface area contributed by atoms with Crippen molar-refractivity contribution in [2.75, 3.05) is 26.8 Å². The molecule has 0 radical (unpaired) electrons. The first-order chi connectivity index (χ1) is 9.38. The van der Waals surface area contributed by atoms with Gasteiger partial charge < -0.3 is 19.4 Å². The number of nitrogens with zero attached hydrogens (tertiary/aromatic N) is 2. The molecule has 0 aliphatic carbocycles. The lowest BCUT2D eigenvalue weighted by Crippen LogP contribution is -2.16. The van der Waals surface area contributed by atoms with E-state index in [1.54, 1.807) is 0 Å². The van der Waals surface area contributed by atoms with Gasteiger partial charge in [-0.15, -0.1) is 0 Å². The number of ether oxygens (including phenoxy) is 2. The minimum Gasteiger partial charge on any atom is -0.486 e. The Morgan fingerprint density at radius 1 is 1.26 bits per heavy atom. The second-order valence-corrected chi connectivity index (χ2v) is 4.43. The van der Waals surface area contributed by atoms with E-state index in [9.17, 15) is 0 Å². The first-order valence-corrected chi connectivity index (χ1v) is 6.43. The summed E-state index contributed by atoms with van der Waals surface area (Å²) in [4.78, 5) is 4.23. The molecule has 1 aliphatic rings. The lowest BCUT2D eigenvalue weighted by Gasteiger charge is -2.19. The second-order valence-electron chi connectivity index (χ2n) is 4.43. The van der Waals surface area contributed by atoms with E-state index in [0.29, 0.717) is 13.2 Å². The van der Waals surface area contributed by atoms with Gasteiger partial charge in [0.2, 0.25) is 0 Å². The molecule has 1 aromatic heterocycles. The molecule has 5 heteroatoms. The third-order valence-electron chi connectivity index (χ3n) is 3.15. The van der Waals surface area contributed by atoms with E-state index >= 15 is 0 Å². The minimum atomic E-state index is 0.607. The molecule has 3 rings (SSSR count). The SMILES string of the molecule is CNCCn1cncc1-c1ccc2c(c1)OCCO2. The van der Waals surface area contributed by atoms with E-state index in [2.05, 4.69) is 14.9 Å². The highest BCUT2D eigenvalue weighted by atomic mass is 16.6. The molecule has 100 valence electrons. The molecular formula is C14H17N3O2. The van der Waals surface area contributed by atoms with Gasteiger partial charge in [-0.2, -0.15) is 0 Å². The van der Waals surface area contributed by atoms with Crippen molar-refractivity contribution in [2.45, 2.75) is 6.54 Å². The number of imidazole rings is 1. The maximum absolute atomic E-state index is 5.62. The number of aromatic nitrogens is 2. The zero-order valence-corrected chi connectivity index (χ0v) is 10.9. The van der Waals surface area contributed by atoms with Gasteiger partial charge in [0.15, 0.2) is 11.5 Å². The summed E-state index contributed by atoms with van der Waals surface area (Å²) in [5, 5.41) is 3.14. The van der Waals surface area contributed by atoms with Gasteiger partial charge in [0, 0.05) is 18.7 Å². The lowest BCUT2D eigenvalue weighted by molar-refractivity contribution is 0.171. The molecule has 1 aromatic carbocycles. The molecule has 1 N–H and O–H groups in total. The molecule has 0 spiro atoms. The number of rotatable bonds is 4. The highest BCUT2D eigenvalue weighted by molar-refractivity contribution is 5.64. The zero-order chi connectivity index (χ0) is 13.1. The van der Waals surface area contributed by atoms with Crippen molar-refractivity contribution in [3.8, 4) is 22.8 Å². The fourth-order valence-electron chi connectivity index (χ4n) is 2.17. The van der Waals surface area contributed by atoms with Crippen LogP contribution in [-0.4, -0.2) is 36.4 Å². The first-order valence-electron chi connectivity index (χ1n) is 6.43. The third kappa shape index (κ3) is 2.42. The number of hydrogen-bond acceptors (Lipinski definition) is 4. The van der Waals surface area contributed by atoms with Crippen molar-refractivity contribution in [3.63, 3.8) is 0 Å². The standard InChI is InChI=1S/C14H17N3O2/c1-15-4-5-17-10-16-9-12(17)11-2-3-13-14(8-11)19-7-6-18-13/h2-3,8-10,15H,4-7H2,1H3. The number of fused-ring (bicyclic) bond motifs is 1. The average molecular weight is 259 g/mol. The topological polar surface area (TPSA) is 48.3 Å². The number of hydrogen-bond donors (Lipinski definition) is 1. The van der Waals surface area contributed by atoms with Crippen LogP contribution in [0.15, 0.2) is 30.7 Å². The van der Waals surface area contributed by atoms with Crippen LogP contribution in [0.1, 0.15) is 0 Å². The van der Waals surface area contributed by atoms with Crippen LogP contribution in [0.3, 0.4) is 0 Å². The molecule has 0 saturated carbocycles. The molecule has 2 heterocycles. The Morgan fingerprint density at radius 3 is 2.95 bits per heavy atom. The quantitative estimate of drug-likeness (QED) is 0.905. The van der Waals surface area contributed by atoms with Gasteiger partial charge in [-0.3, -0.25) is 0 Å². The third-order valence-corrected chi connectivity index (χ3v) is 3.15. The van der Waals surface area contributed by atoms with Gasteiger partial charge in [0.25, 0.3) is 0 Å². The predicted molar refractivity (Wildman–Crippen MR) is 72.6 cm³/mol. The largest absolute Gasteiger partial charge is 0.486 e. The molecule has 0 unspecified atom stereocenters. The Bertz CT molecular complexity index is 566. The van der Waals surface area contributed by atoms with E-state index < -0.39 is 0 Å². The number of nitrogens with one attached hydrogen (secondary N) is 1. The zero-order valence-electron chi connectivity index (χ0n) is 10.9. The molecule has 0 bridgehead atoms. The van der Waals surface area contributed by atoms with Crippen molar-refractivity contribution in [1.82, 2.24) is 14.9 Å². The molecule has 0 saturated heterocycles. The summed E-state index contributed by atoms with van der Waals surface area (Å²) >= 11 is 0. The van der Waals surface area contributed by atoms with Crippen molar-refractivity contribution in [2.24, 2.45) is 0 Å². The molecule has 0 amide bonds. The fraction of sp³-hybridized carbons (Fsp3) is 0.357. The summed E-state index contributed by atoms with van der Waals surface area (Å²) in [7, 11) is 1.95. The molecular weight excluding hydrogens is 242 g/mol. The van der Waals surface area contributed by atoms with Crippen molar-refractivity contribution in [3.05, 3.63) is 30.7 Å². The summed E-state index contributed by atoms with van der Waals surface area (Å²) in [6, 6.07) is 6.01. The smallest absolute Gasteiger partial charge is 0.162 e. The number of benzene rings is 1. The Labute approximate surface area is 112 Å². The molecule has 2 aromatic rings. The summed E-state index contributed by atoms with van der Waals surface area (Å²) in [6.07, 6.45) is 3.73. The summed E-state index contributed by atoms with van der Waals surface area (Å²) in [5.74, 6) is 1.63. The lowest BCUT2D eigenvalue weighted by atomic mass is 10.1. The average Bonchev–Trinajstić information content (AvgIpc) is 2.93. The van der Waals surface area contributed by atoms with E-state index in [0.717, 1.165) is 35.8 Å². The van der Waals surface area contributed by atoms with Crippen molar-refractivity contribution < 1.29 is 9.47 Å². The summed E-state index contributed by atoms with van der Waals surface area (Å²) in [6.45, 7) is 3.02. The van der Waals surface area contributed by atoms with Crippen LogP contribution >= 0.6 is 0 Å². The van der Waals surface area contributed by atoms with Gasteiger partial charge in [-0.05, 0) is 25.2 Å². The van der Waals surface area contributed by atoms with Gasteiger partial charge in [0.1, 0.15) is 13.2 Å². The summed E-state index contributed by atoms with van der Waals surface area (Å²) in [5.41, 5.74) is 2.19. The molecule has 0 fully saturated rings. The van der Waals surface area contributed by atoms with Crippen LogP contribution in [0.25, 0.3) is 11.3 Å². The normalized spacial score (nSPS) is 13.5. The molecule has 5 nitrogen and oxygen atoms in total. The second kappa shape index (κ2) is 5.32. The van der Waals surface area contributed by atoms with Gasteiger partial charge in [0.05, 0.1) is 18.2 Å².